The molecule has 0 saturated heterocycles. The Kier molecular flexibility index (Phi) is 3.31. The lowest BCUT2D eigenvalue weighted by Gasteiger charge is -2.06. The van der Waals surface area contributed by atoms with Gasteiger partial charge in [0.05, 0.1) is 10.9 Å². The number of aryl methyl sites for hydroxylation is 1. The van der Waals surface area contributed by atoms with Crippen molar-refractivity contribution < 1.29 is 0 Å². The van der Waals surface area contributed by atoms with Crippen molar-refractivity contribution in [2.75, 3.05) is 5.32 Å². The molecule has 0 spiro atoms. The molecule has 23 heavy (non-hydrogen) atoms. The third kappa shape index (κ3) is 2.37. The molecule has 2 heterocycles. The van der Waals surface area contributed by atoms with Crippen LogP contribution in [0.5, 0.6) is 0 Å². The molecule has 1 N–H and O–H groups in total. The Morgan fingerprint density at radius 2 is 1.91 bits per heavy atom. The van der Waals surface area contributed by atoms with E-state index in [1.807, 2.05) is 36.4 Å². The summed E-state index contributed by atoms with van der Waals surface area (Å²) in [5, 5.41) is 8.92. The summed E-state index contributed by atoms with van der Waals surface area (Å²) < 4.78 is 1.36. The van der Waals surface area contributed by atoms with E-state index in [0.717, 1.165) is 12.1 Å². The molecule has 2 aromatic heterocycles. The van der Waals surface area contributed by atoms with Gasteiger partial charge in [-0.15, -0.1) is 5.10 Å². The predicted molar refractivity (Wildman–Crippen MR) is 93.7 cm³/mol. The average Bonchev–Trinajstić information content (AvgIpc) is 2.98. The number of anilines is 2. The van der Waals surface area contributed by atoms with E-state index < -0.39 is 0 Å². The lowest BCUT2D eigenvalue weighted by Crippen LogP contribution is -2.15. The Hall–Kier alpha value is -2.73. The van der Waals surface area contributed by atoms with Crippen molar-refractivity contribution in [1.29, 1.82) is 0 Å². The van der Waals surface area contributed by atoms with Crippen molar-refractivity contribution in [1.82, 2.24) is 14.6 Å². The highest BCUT2D eigenvalue weighted by molar-refractivity contribution is 7.20. The van der Waals surface area contributed by atoms with Gasteiger partial charge in [-0.3, -0.25) is 4.79 Å². The molecule has 0 atom stereocenters. The van der Waals surface area contributed by atoms with Gasteiger partial charge < -0.3 is 5.32 Å². The zero-order valence-electron chi connectivity index (χ0n) is 12.5. The summed E-state index contributed by atoms with van der Waals surface area (Å²) in [5.41, 5.74) is 2.77. The predicted octanol–water partition coefficient (Wildman–Crippen LogP) is 3.61. The number of para-hydroxylation sites is 2. The van der Waals surface area contributed by atoms with E-state index in [1.54, 1.807) is 6.07 Å². The maximum absolute atomic E-state index is 12.5. The molecule has 0 radical (unpaired) electrons. The van der Waals surface area contributed by atoms with Crippen molar-refractivity contribution in [3.63, 3.8) is 0 Å². The van der Waals surface area contributed by atoms with E-state index in [1.165, 1.54) is 21.4 Å². The molecule has 0 unspecified atom stereocenters. The van der Waals surface area contributed by atoms with Crippen molar-refractivity contribution in [3.8, 4) is 0 Å². The van der Waals surface area contributed by atoms with Gasteiger partial charge in [-0.1, -0.05) is 48.6 Å². The first-order valence-corrected chi connectivity index (χ1v) is 8.21. The van der Waals surface area contributed by atoms with Crippen LogP contribution in [-0.2, 0) is 6.42 Å². The third-order valence-corrected chi connectivity index (χ3v) is 4.57. The van der Waals surface area contributed by atoms with Crippen LogP contribution in [0, 0.1) is 0 Å². The third-order valence-electron chi connectivity index (χ3n) is 3.74. The van der Waals surface area contributed by atoms with Crippen LogP contribution in [0.25, 0.3) is 15.9 Å². The molecule has 0 aliphatic carbocycles. The number of benzene rings is 2. The Morgan fingerprint density at radius 3 is 2.78 bits per heavy atom. The largest absolute Gasteiger partial charge is 0.330 e. The van der Waals surface area contributed by atoms with Crippen LogP contribution < -0.4 is 10.9 Å². The number of nitrogens with zero attached hydrogens (tertiary/aromatic N) is 3. The van der Waals surface area contributed by atoms with Gasteiger partial charge in [0, 0.05) is 5.69 Å². The second-order valence-electron chi connectivity index (χ2n) is 5.17. The minimum absolute atomic E-state index is 0.140. The monoisotopic (exact) mass is 322 g/mol. The summed E-state index contributed by atoms with van der Waals surface area (Å²) >= 11 is 1.37. The van der Waals surface area contributed by atoms with Gasteiger partial charge in [0.2, 0.25) is 10.1 Å². The molecule has 6 heteroatoms. The average molecular weight is 322 g/mol. The molecule has 2 aromatic carbocycles. The van der Waals surface area contributed by atoms with E-state index in [-0.39, 0.29) is 5.56 Å². The Labute approximate surface area is 136 Å². The number of hydrogen-bond acceptors (Lipinski definition) is 5. The lowest BCUT2D eigenvalue weighted by atomic mass is 10.1. The van der Waals surface area contributed by atoms with E-state index >= 15 is 0 Å². The van der Waals surface area contributed by atoms with Crippen LogP contribution >= 0.6 is 11.3 Å². The van der Waals surface area contributed by atoms with Crippen LogP contribution in [0.3, 0.4) is 0 Å². The Bertz CT molecular complexity index is 1070. The quantitative estimate of drug-likeness (QED) is 0.626. The first kappa shape index (κ1) is 13.9. The molecule has 0 aliphatic rings. The fourth-order valence-corrected chi connectivity index (χ4v) is 3.38. The number of fused-ring (bicyclic) bond motifs is 2. The van der Waals surface area contributed by atoms with Gasteiger partial charge in [0.15, 0.2) is 0 Å². The maximum Gasteiger partial charge on any atom is 0.283 e. The molecule has 4 aromatic rings. The van der Waals surface area contributed by atoms with Gasteiger partial charge in [-0.05, 0) is 30.2 Å². The Balaban J connectivity index is 1.84. The standard InChI is InChI=1S/C17H14N4OS/c1-2-11-7-3-5-9-13(11)18-16-20-21-15(22)12-8-4-6-10-14(12)19-17(21)23-16/h3-10H,2H2,1H3,(H,18,20). The number of hydrogen-bond donors (Lipinski definition) is 1. The number of rotatable bonds is 3. The lowest BCUT2D eigenvalue weighted by molar-refractivity contribution is 0.919. The van der Waals surface area contributed by atoms with Crippen LogP contribution in [0.15, 0.2) is 53.3 Å². The summed E-state index contributed by atoms with van der Waals surface area (Å²) in [6.07, 6.45) is 0.927. The van der Waals surface area contributed by atoms with E-state index in [0.29, 0.717) is 21.0 Å². The highest BCUT2D eigenvalue weighted by atomic mass is 32.1. The molecule has 4 rings (SSSR count). The molecular weight excluding hydrogens is 308 g/mol. The van der Waals surface area contributed by atoms with Crippen LogP contribution in [0.1, 0.15) is 12.5 Å². The molecule has 0 bridgehead atoms. The molecular formula is C17H14N4OS. The molecule has 0 amide bonds. The molecule has 114 valence electrons. The first-order valence-electron chi connectivity index (χ1n) is 7.40. The smallest absolute Gasteiger partial charge is 0.283 e. The minimum Gasteiger partial charge on any atom is -0.330 e. The summed E-state index contributed by atoms with van der Waals surface area (Å²) in [7, 11) is 0. The van der Waals surface area contributed by atoms with Crippen LogP contribution in [0.2, 0.25) is 0 Å². The van der Waals surface area contributed by atoms with Gasteiger partial charge in [0.1, 0.15) is 0 Å². The zero-order valence-corrected chi connectivity index (χ0v) is 13.3. The van der Waals surface area contributed by atoms with Gasteiger partial charge in [-0.25, -0.2) is 4.98 Å². The van der Waals surface area contributed by atoms with Gasteiger partial charge in [0.25, 0.3) is 5.56 Å². The van der Waals surface area contributed by atoms with E-state index in [2.05, 4.69) is 28.4 Å². The molecule has 0 saturated carbocycles. The molecule has 0 fully saturated rings. The van der Waals surface area contributed by atoms with Crippen molar-refractivity contribution in [3.05, 3.63) is 64.4 Å². The fourth-order valence-electron chi connectivity index (χ4n) is 2.57. The van der Waals surface area contributed by atoms with Crippen LogP contribution in [0.4, 0.5) is 10.8 Å². The highest BCUT2D eigenvalue weighted by Gasteiger charge is 2.11. The normalized spacial score (nSPS) is 11.2. The summed E-state index contributed by atoms with van der Waals surface area (Å²) in [4.78, 5) is 17.6. The molecule has 0 aliphatic heterocycles. The number of nitrogens with one attached hydrogen (secondary N) is 1. The summed E-state index contributed by atoms with van der Waals surface area (Å²) in [6.45, 7) is 2.11. The van der Waals surface area contributed by atoms with Crippen molar-refractivity contribution >= 4 is 38.0 Å². The second-order valence-corrected chi connectivity index (χ2v) is 6.13. The molecule has 5 nitrogen and oxygen atoms in total. The van der Waals surface area contributed by atoms with Gasteiger partial charge in [-0.2, -0.15) is 4.52 Å². The fraction of sp³-hybridized carbons (Fsp3) is 0.118. The summed E-state index contributed by atoms with van der Waals surface area (Å²) in [5.74, 6) is 0. The van der Waals surface area contributed by atoms with Gasteiger partial charge >= 0.3 is 0 Å². The zero-order chi connectivity index (χ0) is 15.8. The highest BCUT2D eigenvalue weighted by Crippen LogP contribution is 2.25. The number of aromatic nitrogens is 3. The van der Waals surface area contributed by atoms with Crippen molar-refractivity contribution in [2.45, 2.75) is 13.3 Å². The second kappa shape index (κ2) is 5.48. The maximum atomic E-state index is 12.5. The van der Waals surface area contributed by atoms with Crippen LogP contribution in [-0.4, -0.2) is 14.6 Å². The first-order chi connectivity index (χ1) is 11.3. The summed E-state index contributed by atoms with van der Waals surface area (Å²) in [6, 6.07) is 15.4. The SMILES string of the molecule is CCc1ccccc1Nc1nn2c(=O)c3ccccc3nc2s1. The topological polar surface area (TPSA) is 59.3 Å². The van der Waals surface area contributed by atoms with E-state index in [9.17, 15) is 4.79 Å². The van der Waals surface area contributed by atoms with E-state index in [4.69, 9.17) is 0 Å². The Morgan fingerprint density at radius 1 is 1.13 bits per heavy atom. The van der Waals surface area contributed by atoms with Crippen molar-refractivity contribution in [2.24, 2.45) is 0 Å². The minimum atomic E-state index is -0.140.